The molecule has 0 heterocycles. The molecule has 0 saturated heterocycles. The van der Waals surface area contributed by atoms with E-state index >= 15 is 0 Å². The van der Waals surface area contributed by atoms with Gasteiger partial charge >= 0.3 is 0 Å². The SMILES string of the molecule is C=C/C=C\C=C(/C)c1ccc(-c2cccc3c2-c2ccccc2C32C(/C=C\C)=C(C=C)C(C=C)=C2/C=C\C)cc1.CC. The Hall–Kier alpha value is -4.68. The van der Waals surface area contributed by atoms with Crippen molar-refractivity contribution in [1.29, 1.82) is 0 Å². The van der Waals surface area contributed by atoms with E-state index in [0.717, 1.165) is 11.1 Å². The zero-order chi connectivity index (χ0) is 30.3. The lowest BCUT2D eigenvalue weighted by Gasteiger charge is -2.32. The van der Waals surface area contributed by atoms with Crippen LogP contribution in [-0.2, 0) is 5.41 Å². The molecule has 1 spiro atoms. The Morgan fingerprint density at radius 2 is 1.24 bits per heavy atom. The fourth-order valence-electron chi connectivity index (χ4n) is 6.48. The maximum Gasteiger partial charge on any atom is 0.0725 e. The number of benzene rings is 3. The molecule has 210 valence electrons. The van der Waals surface area contributed by atoms with Crippen LogP contribution in [0.1, 0.15) is 51.3 Å². The van der Waals surface area contributed by atoms with Gasteiger partial charge in [0.25, 0.3) is 0 Å². The molecule has 0 amide bonds. The first-order valence-electron chi connectivity index (χ1n) is 14.9. The first kappa shape index (κ1) is 30.3. The molecule has 3 aromatic rings. The predicted molar refractivity (Wildman–Crippen MR) is 187 cm³/mol. The van der Waals surface area contributed by atoms with Crippen molar-refractivity contribution in [2.45, 2.75) is 40.0 Å². The Morgan fingerprint density at radius 1 is 0.667 bits per heavy atom. The average Bonchev–Trinajstić information content (AvgIpc) is 3.48. The molecule has 3 aromatic carbocycles. The summed E-state index contributed by atoms with van der Waals surface area (Å²) in [5.41, 5.74) is 14.4. The summed E-state index contributed by atoms with van der Waals surface area (Å²) >= 11 is 0. The third kappa shape index (κ3) is 4.78. The summed E-state index contributed by atoms with van der Waals surface area (Å²) in [4.78, 5) is 0. The fraction of sp³-hybridized carbons (Fsp3) is 0.143. The summed E-state index contributed by atoms with van der Waals surface area (Å²) < 4.78 is 0. The van der Waals surface area contributed by atoms with Crippen LogP contribution in [0.5, 0.6) is 0 Å². The predicted octanol–water partition coefficient (Wildman–Crippen LogP) is 11.9. The third-order valence-electron chi connectivity index (χ3n) is 8.07. The Bertz CT molecular complexity index is 1650. The summed E-state index contributed by atoms with van der Waals surface area (Å²) in [6.45, 7) is 22.5. The molecule has 0 aromatic heterocycles. The molecular weight excluding hydrogens is 504 g/mol. The lowest BCUT2D eigenvalue weighted by atomic mass is 9.68. The van der Waals surface area contributed by atoms with Crippen molar-refractivity contribution < 1.29 is 0 Å². The van der Waals surface area contributed by atoms with Crippen molar-refractivity contribution in [3.05, 3.63) is 186 Å². The van der Waals surface area contributed by atoms with Crippen molar-refractivity contribution >= 4 is 5.57 Å². The van der Waals surface area contributed by atoms with E-state index in [1.165, 1.54) is 55.7 Å². The molecule has 42 heavy (non-hydrogen) atoms. The quantitative estimate of drug-likeness (QED) is 0.246. The van der Waals surface area contributed by atoms with E-state index in [9.17, 15) is 0 Å². The smallest absolute Gasteiger partial charge is 0.0725 e. The van der Waals surface area contributed by atoms with Gasteiger partial charge in [0, 0.05) is 0 Å². The minimum absolute atomic E-state index is 0.440. The zero-order valence-corrected chi connectivity index (χ0v) is 25.7. The van der Waals surface area contributed by atoms with E-state index < -0.39 is 5.41 Å². The van der Waals surface area contributed by atoms with Gasteiger partial charge in [-0.25, -0.2) is 0 Å². The lowest BCUT2D eigenvalue weighted by molar-refractivity contribution is 0.778. The molecule has 2 aliphatic carbocycles. The van der Waals surface area contributed by atoms with E-state index in [1.54, 1.807) is 6.08 Å². The topological polar surface area (TPSA) is 0 Å². The van der Waals surface area contributed by atoms with Crippen LogP contribution < -0.4 is 0 Å². The standard InChI is InChI=1S/C40H36.C2H6/c1-7-12-13-19-28(6)29-24-26-30(27-25-29)33-21-16-23-38-39(33)34-20-14-15-22-37(34)40(38)35(17-8-2)31(10-4)32(11-5)36(40)18-9-3;1-2/h7-27H,1,4-5H2,2-3,6H3;1-2H3/b13-12-,17-8-,18-9-,28-19+;. The summed E-state index contributed by atoms with van der Waals surface area (Å²) in [7, 11) is 0. The maximum atomic E-state index is 4.23. The molecule has 0 heteroatoms. The molecule has 0 saturated carbocycles. The van der Waals surface area contributed by atoms with Gasteiger partial charge in [-0.2, -0.15) is 0 Å². The molecule has 5 rings (SSSR count). The molecule has 0 aliphatic heterocycles. The Balaban J connectivity index is 0.00000198. The van der Waals surface area contributed by atoms with Gasteiger partial charge in [0.05, 0.1) is 5.41 Å². The summed E-state index contributed by atoms with van der Waals surface area (Å²) in [6, 6.07) is 24.6. The Kier molecular flexibility index (Phi) is 9.60. The molecule has 0 nitrogen and oxygen atoms in total. The van der Waals surface area contributed by atoms with Gasteiger partial charge in [-0.1, -0.05) is 161 Å². The van der Waals surface area contributed by atoms with Crippen LogP contribution in [-0.4, -0.2) is 0 Å². The number of hydrogen-bond acceptors (Lipinski definition) is 0. The Morgan fingerprint density at radius 3 is 1.81 bits per heavy atom. The third-order valence-corrected chi connectivity index (χ3v) is 8.07. The zero-order valence-electron chi connectivity index (χ0n) is 25.7. The van der Waals surface area contributed by atoms with Gasteiger partial charge in [-0.05, 0) is 87.6 Å². The van der Waals surface area contributed by atoms with Gasteiger partial charge in [-0.3, -0.25) is 0 Å². The molecule has 0 bridgehead atoms. The first-order chi connectivity index (χ1) is 20.6. The number of fused-ring (bicyclic) bond motifs is 5. The van der Waals surface area contributed by atoms with Crippen molar-refractivity contribution in [3.63, 3.8) is 0 Å². The molecule has 0 N–H and O–H groups in total. The molecule has 0 atom stereocenters. The molecule has 2 aliphatic rings. The van der Waals surface area contributed by atoms with Crippen LogP contribution in [0.3, 0.4) is 0 Å². The van der Waals surface area contributed by atoms with Crippen LogP contribution >= 0.6 is 0 Å². The molecule has 0 fully saturated rings. The monoisotopic (exact) mass is 546 g/mol. The number of allylic oxidation sites excluding steroid dienone is 15. The number of hydrogen-bond donors (Lipinski definition) is 0. The van der Waals surface area contributed by atoms with Crippen molar-refractivity contribution in [2.24, 2.45) is 0 Å². The average molecular weight is 547 g/mol. The van der Waals surface area contributed by atoms with E-state index in [2.05, 4.69) is 138 Å². The van der Waals surface area contributed by atoms with Crippen molar-refractivity contribution in [3.8, 4) is 22.3 Å². The highest BCUT2D eigenvalue weighted by molar-refractivity contribution is 5.97. The van der Waals surface area contributed by atoms with Crippen LogP contribution in [0.15, 0.2) is 170 Å². The minimum Gasteiger partial charge on any atom is -0.0991 e. The van der Waals surface area contributed by atoms with Gasteiger partial charge in [0.15, 0.2) is 0 Å². The highest BCUT2D eigenvalue weighted by Gasteiger charge is 2.52. The summed E-state index contributed by atoms with van der Waals surface area (Å²) in [5.74, 6) is 0. The van der Waals surface area contributed by atoms with E-state index in [4.69, 9.17) is 0 Å². The summed E-state index contributed by atoms with van der Waals surface area (Å²) in [5, 5.41) is 0. The molecule has 0 radical (unpaired) electrons. The van der Waals surface area contributed by atoms with E-state index in [0.29, 0.717) is 0 Å². The van der Waals surface area contributed by atoms with Gasteiger partial charge < -0.3 is 0 Å². The van der Waals surface area contributed by atoms with Crippen molar-refractivity contribution in [1.82, 2.24) is 0 Å². The fourth-order valence-corrected chi connectivity index (χ4v) is 6.48. The molecular formula is C42H42. The van der Waals surface area contributed by atoms with Crippen LogP contribution in [0.2, 0.25) is 0 Å². The Labute approximate surface area is 253 Å². The van der Waals surface area contributed by atoms with E-state index in [1.807, 2.05) is 38.2 Å². The second-order valence-electron chi connectivity index (χ2n) is 10.1. The highest BCUT2D eigenvalue weighted by Crippen LogP contribution is 2.63. The largest absolute Gasteiger partial charge is 0.0991 e. The van der Waals surface area contributed by atoms with Crippen LogP contribution in [0.4, 0.5) is 0 Å². The number of rotatable bonds is 8. The van der Waals surface area contributed by atoms with Crippen LogP contribution in [0.25, 0.3) is 27.8 Å². The van der Waals surface area contributed by atoms with Crippen LogP contribution in [0, 0.1) is 0 Å². The van der Waals surface area contributed by atoms with Gasteiger partial charge in [-0.15, -0.1) is 0 Å². The van der Waals surface area contributed by atoms with E-state index in [-0.39, 0.29) is 0 Å². The van der Waals surface area contributed by atoms with Gasteiger partial charge in [0.2, 0.25) is 0 Å². The lowest BCUT2D eigenvalue weighted by Crippen LogP contribution is -2.27. The maximum absolute atomic E-state index is 4.23. The normalized spacial score (nSPS) is 15.4. The first-order valence-corrected chi connectivity index (χ1v) is 14.9. The second kappa shape index (κ2) is 13.3. The van der Waals surface area contributed by atoms with Gasteiger partial charge in [0.1, 0.15) is 0 Å². The molecule has 0 unspecified atom stereocenters. The highest BCUT2D eigenvalue weighted by atomic mass is 14.5. The second-order valence-corrected chi connectivity index (χ2v) is 10.1. The van der Waals surface area contributed by atoms with Crippen molar-refractivity contribution in [2.75, 3.05) is 0 Å². The minimum atomic E-state index is -0.440. The summed E-state index contributed by atoms with van der Waals surface area (Å²) in [6.07, 6.45) is 20.7.